The van der Waals surface area contributed by atoms with Gasteiger partial charge in [0.15, 0.2) is 0 Å². The van der Waals surface area contributed by atoms with E-state index in [1.807, 2.05) is 7.05 Å². The second kappa shape index (κ2) is 4.81. The Morgan fingerprint density at radius 3 is 2.07 bits per heavy atom. The van der Waals surface area contributed by atoms with Crippen LogP contribution in [-0.4, -0.2) is 37.5 Å². The average Bonchev–Trinajstić information content (AvgIpc) is 2.08. The van der Waals surface area contributed by atoms with E-state index in [-0.39, 0.29) is 0 Å². The maximum atomic E-state index is 6.08. The number of rotatable bonds is 3. The molecule has 0 bridgehead atoms. The van der Waals surface area contributed by atoms with Gasteiger partial charge in [-0.2, -0.15) is 0 Å². The highest BCUT2D eigenvalue weighted by Gasteiger charge is 2.33. The second-order valence-corrected chi connectivity index (χ2v) is 5.07. The van der Waals surface area contributed by atoms with Crippen molar-refractivity contribution < 1.29 is 9.47 Å². The van der Waals surface area contributed by atoms with E-state index in [0.29, 0.717) is 30.5 Å². The van der Waals surface area contributed by atoms with Crippen molar-refractivity contribution in [3.8, 4) is 0 Å². The molecule has 2 rings (SSSR count). The molecule has 1 saturated carbocycles. The Labute approximate surface area is 92.5 Å². The highest BCUT2D eigenvalue weighted by Crippen LogP contribution is 2.29. The summed E-state index contributed by atoms with van der Waals surface area (Å²) in [5.41, 5.74) is 0. The molecule has 1 N–H and O–H groups in total. The lowest BCUT2D eigenvalue weighted by atomic mass is 9.89. The minimum Gasteiger partial charge on any atom is -0.375 e. The van der Waals surface area contributed by atoms with Crippen LogP contribution in [0.1, 0.15) is 39.5 Å². The predicted octanol–water partition coefficient (Wildman–Crippen LogP) is 1.71. The Hall–Kier alpha value is -0.120. The van der Waals surface area contributed by atoms with E-state index in [4.69, 9.17) is 9.47 Å². The summed E-state index contributed by atoms with van der Waals surface area (Å²) >= 11 is 0. The molecule has 0 aromatic rings. The van der Waals surface area contributed by atoms with Crippen LogP contribution in [0.5, 0.6) is 0 Å². The monoisotopic (exact) mass is 213 g/mol. The molecular formula is C12H23NO2. The second-order valence-electron chi connectivity index (χ2n) is 5.07. The maximum Gasteiger partial charge on any atom is 0.0628 e. The van der Waals surface area contributed by atoms with Gasteiger partial charge in [0.05, 0.1) is 24.4 Å². The van der Waals surface area contributed by atoms with Gasteiger partial charge >= 0.3 is 0 Å². The van der Waals surface area contributed by atoms with Crippen molar-refractivity contribution in [2.45, 2.75) is 70.0 Å². The van der Waals surface area contributed by atoms with Crippen molar-refractivity contribution in [1.29, 1.82) is 0 Å². The van der Waals surface area contributed by atoms with Crippen LogP contribution in [-0.2, 0) is 9.47 Å². The van der Waals surface area contributed by atoms with Crippen LogP contribution in [0.4, 0.5) is 0 Å². The summed E-state index contributed by atoms with van der Waals surface area (Å²) in [6, 6.07) is 0.685. The first-order valence-electron chi connectivity index (χ1n) is 6.15. The Balaban J connectivity index is 1.71. The standard InChI is InChI=1S/C12H23NO2/c1-8-4-11(5-9(2)14-8)15-12-6-10(7-12)13-3/h8-13H,4-7H2,1-3H3. The molecular weight excluding hydrogens is 190 g/mol. The molecule has 1 saturated heterocycles. The van der Waals surface area contributed by atoms with Gasteiger partial charge in [-0.15, -0.1) is 0 Å². The number of nitrogens with one attached hydrogen (secondary N) is 1. The zero-order valence-corrected chi connectivity index (χ0v) is 10.0. The third-order valence-corrected chi connectivity index (χ3v) is 3.54. The third-order valence-electron chi connectivity index (χ3n) is 3.54. The molecule has 3 heteroatoms. The van der Waals surface area contributed by atoms with E-state index in [2.05, 4.69) is 19.2 Å². The lowest BCUT2D eigenvalue weighted by Crippen LogP contribution is -2.46. The topological polar surface area (TPSA) is 30.5 Å². The maximum absolute atomic E-state index is 6.08. The molecule has 1 aliphatic carbocycles. The fourth-order valence-electron chi connectivity index (χ4n) is 2.64. The minimum absolute atomic E-state index is 0.360. The van der Waals surface area contributed by atoms with E-state index >= 15 is 0 Å². The summed E-state index contributed by atoms with van der Waals surface area (Å²) in [5.74, 6) is 0. The molecule has 2 unspecified atom stereocenters. The van der Waals surface area contributed by atoms with Gasteiger partial charge in [0.2, 0.25) is 0 Å². The zero-order valence-electron chi connectivity index (χ0n) is 10.0. The molecule has 15 heavy (non-hydrogen) atoms. The van der Waals surface area contributed by atoms with Crippen LogP contribution < -0.4 is 5.32 Å². The molecule has 0 aromatic carbocycles. The quantitative estimate of drug-likeness (QED) is 0.774. The Bertz CT molecular complexity index is 194. The van der Waals surface area contributed by atoms with Gasteiger partial charge in [0.25, 0.3) is 0 Å². The Kier molecular flexibility index (Phi) is 3.65. The normalized spacial score (nSPS) is 46.2. The summed E-state index contributed by atoms with van der Waals surface area (Å²) in [6.45, 7) is 4.28. The zero-order chi connectivity index (χ0) is 10.8. The van der Waals surface area contributed by atoms with Gasteiger partial charge in [-0.05, 0) is 46.6 Å². The third kappa shape index (κ3) is 2.92. The minimum atomic E-state index is 0.360. The van der Waals surface area contributed by atoms with E-state index < -0.39 is 0 Å². The van der Waals surface area contributed by atoms with Gasteiger partial charge in [0.1, 0.15) is 0 Å². The van der Waals surface area contributed by atoms with Crippen molar-refractivity contribution in [2.75, 3.05) is 7.05 Å². The molecule has 2 atom stereocenters. The van der Waals surface area contributed by atoms with Crippen molar-refractivity contribution >= 4 is 0 Å². The molecule has 1 heterocycles. The molecule has 0 spiro atoms. The van der Waals surface area contributed by atoms with Gasteiger partial charge in [-0.25, -0.2) is 0 Å². The fourth-order valence-corrected chi connectivity index (χ4v) is 2.64. The van der Waals surface area contributed by atoms with E-state index in [0.717, 1.165) is 12.8 Å². The molecule has 1 aliphatic heterocycles. The molecule has 2 fully saturated rings. The van der Waals surface area contributed by atoms with Crippen molar-refractivity contribution in [2.24, 2.45) is 0 Å². The van der Waals surface area contributed by atoms with Gasteiger partial charge in [-0.1, -0.05) is 0 Å². The summed E-state index contributed by atoms with van der Waals surface area (Å²) < 4.78 is 11.8. The van der Waals surface area contributed by atoms with Crippen LogP contribution in [0.3, 0.4) is 0 Å². The molecule has 2 aliphatic rings. The number of hydrogen-bond donors (Lipinski definition) is 1. The van der Waals surface area contributed by atoms with Gasteiger partial charge in [0, 0.05) is 6.04 Å². The smallest absolute Gasteiger partial charge is 0.0628 e. The molecule has 88 valence electrons. The first-order chi connectivity index (χ1) is 7.17. The summed E-state index contributed by atoms with van der Waals surface area (Å²) in [7, 11) is 2.03. The highest BCUT2D eigenvalue weighted by molar-refractivity contribution is 4.86. The van der Waals surface area contributed by atoms with Crippen LogP contribution in [0.2, 0.25) is 0 Å². The lowest BCUT2D eigenvalue weighted by molar-refractivity contribution is -0.139. The largest absolute Gasteiger partial charge is 0.375 e. The number of hydrogen-bond acceptors (Lipinski definition) is 3. The van der Waals surface area contributed by atoms with Crippen LogP contribution in [0.25, 0.3) is 0 Å². The molecule has 0 radical (unpaired) electrons. The van der Waals surface area contributed by atoms with Gasteiger partial charge in [-0.3, -0.25) is 0 Å². The number of ether oxygens (including phenoxy) is 2. The van der Waals surface area contributed by atoms with Crippen molar-refractivity contribution in [3.05, 3.63) is 0 Å². The molecule has 3 nitrogen and oxygen atoms in total. The van der Waals surface area contributed by atoms with E-state index in [1.54, 1.807) is 0 Å². The van der Waals surface area contributed by atoms with Gasteiger partial charge < -0.3 is 14.8 Å². The van der Waals surface area contributed by atoms with Crippen LogP contribution in [0.15, 0.2) is 0 Å². The van der Waals surface area contributed by atoms with Crippen LogP contribution in [0, 0.1) is 0 Å². The van der Waals surface area contributed by atoms with Crippen LogP contribution >= 0.6 is 0 Å². The molecule has 0 aromatic heterocycles. The highest BCUT2D eigenvalue weighted by atomic mass is 16.5. The first-order valence-corrected chi connectivity index (χ1v) is 6.15. The average molecular weight is 213 g/mol. The molecule has 0 amide bonds. The SMILES string of the molecule is CNC1CC(OC2CC(C)OC(C)C2)C1. The van der Waals surface area contributed by atoms with E-state index in [9.17, 15) is 0 Å². The summed E-state index contributed by atoms with van der Waals surface area (Å²) in [4.78, 5) is 0. The lowest BCUT2D eigenvalue weighted by Gasteiger charge is -2.40. The Morgan fingerprint density at radius 1 is 1.00 bits per heavy atom. The Morgan fingerprint density at radius 2 is 1.53 bits per heavy atom. The van der Waals surface area contributed by atoms with Crippen molar-refractivity contribution in [1.82, 2.24) is 5.32 Å². The fraction of sp³-hybridized carbons (Fsp3) is 1.00. The predicted molar refractivity (Wildman–Crippen MR) is 60.0 cm³/mol. The summed E-state index contributed by atoms with van der Waals surface area (Å²) in [5, 5.41) is 3.28. The first kappa shape index (κ1) is 11.4. The summed E-state index contributed by atoms with van der Waals surface area (Å²) in [6.07, 6.45) is 6.11. The van der Waals surface area contributed by atoms with E-state index in [1.165, 1.54) is 12.8 Å². The van der Waals surface area contributed by atoms with Crippen molar-refractivity contribution in [3.63, 3.8) is 0 Å².